The number of nitrogens with zero attached hydrogens (tertiary/aromatic N) is 4. The highest BCUT2D eigenvalue weighted by Crippen LogP contribution is 2.36. The number of carbonyl (C=O) groups excluding carboxylic acids is 1. The summed E-state index contributed by atoms with van der Waals surface area (Å²) < 4.78 is 30.2. The summed E-state index contributed by atoms with van der Waals surface area (Å²) in [5, 5.41) is 14.8. The molecule has 1 aliphatic carbocycles. The summed E-state index contributed by atoms with van der Waals surface area (Å²) in [5.74, 6) is 0.335. The monoisotopic (exact) mass is 468 g/mol. The first-order valence-electron chi connectivity index (χ1n) is 11.0. The van der Waals surface area contributed by atoms with Gasteiger partial charge in [0.2, 0.25) is 15.9 Å². The van der Waals surface area contributed by atoms with Gasteiger partial charge in [0.15, 0.2) is 5.82 Å². The lowest BCUT2D eigenvalue weighted by molar-refractivity contribution is -0.118. The maximum Gasteiger partial charge on any atom is 0.242 e. The van der Waals surface area contributed by atoms with E-state index in [1.54, 1.807) is 28.9 Å². The highest BCUT2D eigenvalue weighted by molar-refractivity contribution is 7.89. The van der Waals surface area contributed by atoms with Crippen LogP contribution in [-0.4, -0.2) is 40.6 Å². The topological polar surface area (TPSA) is 119 Å². The van der Waals surface area contributed by atoms with E-state index >= 15 is 0 Å². The van der Waals surface area contributed by atoms with E-state index in [2.05, 4.69) is 25.6 Å². The van der Waals surface area contributed by atoms with Crippen molar-refractivity contribution in [1.82, 2.24) is 24.9 Å². The molecule has 2 N–H and O–H groups in total. The Hall–Kier alpha value is -3.11. The second-order valence-electron chi connectivity index (χ2n) is 8.86. The number of sulfonamides is 1. The molecule has 33 heavy (non-hydrogen) atoms. The maximum atomic E-state index is 13.1. The zero-order valence-electron chi connectivity index (χ0n) is 18.9. The van der Waals surface area contributed by atoms with Crippen LogP contribution in [0.2, 0.25) is 0 Å². The standard InChI is InChI=1S/C23H28N6O3S/c1-15(2)13-21(26-33(31,32)20-11-7-16(3)8-12-20)23(30)24-18-6-4-5-17(14-18)22-25-27-28-29(22)19-9-10-19/h4-8,11-12,14-15,19,21,26H,9-10,13H2,1-3H3,(H,24,30)/t21-/m0/s1. The predicted octanol–water partition coefficient (Wildman–Crippen LogP) is 3.32. The van der Waals surface area contributed by atoms with Crippen LogP contribution in [0.1, 0.15) is 44.7 Å². The molecule has 1 atom stereocenters. The Morgan fingerprint density at radius 2 is 1.88 bits per heavy atom. The van der Waals surface area contributed by atoms with Gasteiger partial charge < -0.3 is 5.32 Å². The molecule has 1 heterocycles. The van der Waals surface area contributed by atoms with Crippen LogP contribution in [0.15, 0.2) is 53.4 Å². The lowest BCUT2D eigenvalue weighted by atomic mass is 10.0. The molecule has 10 heteroatoms. The molecule has 0 spiro atoms. The Balaban J connectivity index is 1.53. The van der Waals surface area contributed by atoms with E-state index in [0.717, 1.165) is 24.0 Å². The van der Waals surface area contributed by atoms with Crippen molar-refractivity contribution < 1.29 is 13.2 Å². The molecule has 1 saturated carbocycles. The summed E-state index contributed by atoms with van der Waals surface area (Å²) in [5.41, 5.74) is 2.29. The Labute approximate surface area is 193 Å². The lowest BCUT2D eigenvalue weighted by Gasteiger charge is -2.20. The van der Waals surface area contributed by atoms with Gasteiger partial charge in [-0.05, 0) is 66.8 Å². The second-order valence-corrected chi connectivity index (χ2v) is 10.6. The molecule has 0 unspecified atom stereocenters. The predicted molar refractivity (Wildman–Crippen MR) is 125 cm³/mol. The summed E-state index contributed by atoms with van der Waals surface area (Å²) in [6.45, 7) is 5.77. The normalized spacial score (nSPS) is 14.9. The third kappa shape index (κ3) is 5.63. The SMILES string of the molecule is Cc1ccc(S(=O)(=O)N[C@@H](CC(C)C)C(=O)Nc2cccc(-c3nnnn3C3CC3)c2)cc1. The first-order chi connectivity index (χ1) is 15.7. The first-order valence-corrected chi connectivity index (χ1v) is 12.5. The van der Waals surface area contributed by atoms with Crippen molar-refractivity contribution in [3.8, 4) is 11.4 Å². The number of carbonyl (C=O) groups is 1. The Morgan fingerprint density at radius 3 is 2.55 bits per heavy atom. The molecule has 1 aliphatic rings. The zero-order valence-corrected chi connectivity index (χ0v) is 19.7. The van der Waals surface area contributed by atoms with Crippen molar-refractivity contribution in [2.45, 2.75) is 57.0 Å². The fourth-order valence-corrected chi connectivity index (χ4v) is 4.78. The highest BCUT2D eigenvalue weighted by atomic mass is 32.2. The molecule has 2 aromatic carbocycles. The van der Waals surface area contributed by atoms with Gasteiger partial charge in [-0.25, -0.2) is 13.1 Å². The zero-order chi connectivity index (χ0) is 23.6. The average Bonchev–Trinajstić information content (AvgIpc) is 3.49. The smallest absolute Gasteiger partial charge is 0.242 e. The Bertz CT molecular complexity index is 1230. The largest absolute Gasteiger partial charge is 0.325 e. The van der Waals surface area contributed by atoms with E-state index in [9.17, 15) is 13.2 Å². The molecule has 0 radical (unpaired) electrons. The molecule has 174 valence electrons. The lowest BCUT2D eigenvalue weighted by Crippen LogP contribution is -2.44. The molecule has 0 aliphatic heterocycles. The molecule has 9 nitrogen and oxygen atoms in total. The number of nitrogens with one attached hydrogen (secondary N) is 2. The fraction of sp³-hybridized carbons (Fsp3) is 0.391. The minimum absolute atomic E-state index is 0.107. The van der Waals surface area contributed by atoms with Crippen molar-refractivity contribution in [3.05, 3.63) is 54.1 Å². The van der Waals surface area contributed by atoms with Gasteiger partial charge in [-0.3, -0.25) is 4.79 Å². The van der Waals surface area contributed by atoms with Crippen molar-refractivity contribution in [2.24, 2.45) is 5.92 Å². The molecule has 1 fully saturated rings. The van der Waals surface area contributed by atoms with Gasteiger partial charge in [0.05, 0.1) is 10.9 Å². The van der Waals surface area contributed by atoms with E-state index in [1.807, 2.05) is 32.9 Å². The van der Waals surface area contributed by atoms with Crippen LogP contribution >= 0.6 is 0 Å². The van der Waals surface area contributed by atoms with Crippen molar-refractivity contribution in [3.63, 3.8) is 0 Å². The van der Waals surface area contributed by atoms with E-state index in [4.69, 9.17) is 0 Å². The molecule has 1 aromatic heterocycles. The van der Waals surface area contributed by atoms with Gasteiger partial charge in [0.25, 0.3) is 0 Å². The summed E-state index contributed by atoms with van der Waals surface area (Å²) in [7, 11) is -3.85. The molecule has 3 aromatic rings. The molecule has 0 bridgehead atoms. The van der Waals surface area contributed by atoms with E-state index in [0.29, 0.717) is 24.0 Å². The minimum Gasteiger partial charge on any atom is -0.325 e. The number of anilines is 1. The third-order valence-corrected chi connectivity index (χ3v) is 6.91. The Kier molecular flexibility index (Phi) is 6.57. The maximum absolute atomic E-state index is 13.1. The minimum atomic E-state index is -3.85. The van der Waals surface area contributed by atoms with Gasteiger partial charge in [-0.2, -0.15) is 4.72 Å². The van der Waals surface area contributed by atoms with Crippen molar-refractivity contribution in [2.75, 3.05) is 5.32 Å². The highest BCUT2D eigenvalue weighted by Gasteiger charge is 2.29. The van der Waals surface area contributed by atoms with Crippen LogP contribution in [0.3, 0.4) is 0 Å². The van der Waals surface area contributed by atoms with Crippen LogP contribution in [0, 0.1) is 12.8 Å². The number of rotatable bonds is 9. The number of aromatic nitrogens is 4. The summed E-state index contributed by atoms with van der Waals surface area (Å²) in [4.78, 5) is 13.2. The Morgan fingerprint density at radius 1 is 1.15 bits per heavy atom. The van der Waals surface area contributed by atoms with E-state index in [-0.39, 0.29) is 10.8 Å². The van der Waals surface area contributed by atoms with Gasteiger partial charge in [-0.15, -0.1) is 5.10 Å². The number of aryl methyl sites for hydroxylation is 1. The van der Waals surface area contributed by atoms with Gasteiger partial charge in [0, 0.05) is 11.3 Å². The molecule has 4 rings (SSSR count). The van der Waals surface area contributed by atoms with Gasteiger partial charge in [-0.1, -0.05) is 43.7 Å². The summed E-state index contributed by atoms with van der Waals surface area (Å²) in [6, 6.07) is 13.2. The second kappa shape index (κ2) is 9.40. The number of hydrogen-bond donors (Lipinski definition) is 2. The van der Waals surface area contributed by atoms with Gasteiger partial charge in [0.1, 0.15) is 6.04 Å². The van der Waals surface area contributed by atoms with Crippen LogP contribution < -0.4 is 10.0 Å². The number of tetrazole rings is 1. The van der Waals surface area contributed by atoms with Crippen LogP contribution in [0.25, 0.3) is 11.4 Å². The van der Waals surface area contributed by atoms with Crippen LogP contribution in [0.5, 0.6) is 0 Å². The van der Waals surface area contributed by atoms with Crippen LogP contribution in [-0.2, 0) is 14.8 Å². The molecule has 0 saturated heterocycles. The van der Waals surface area contributed by atoms with Crippen LogP contribution in [0.4, 0.5) is 5.69 Å². The van der Waals surface area contributed by atoms with E-state index < -0.39 is 22.0 Å². The number of benzene rings is 2. The third-order valence-electron chi connectivity index (χ3n) is 5.43. The molecule has 1 amide bonds. The summed E-state index contributed by atoms with van der Waals surface area (Å²) >= 11 is 0. The number of amides is 1. The van der Waals surface area contributed by atoms with Crippen molar-refractivity contribution >= 4 is 21.6 Å². The summed E-state index contributed by atoms with van der Waals surface area (Å²) in [6.07, 6.45) is 2.45. The molecular weight excluding hydrogens is 440 g/mol. The fourth-order valence-electron chi connectivity index (χ4n) is 3.57. The quantitative estimate of drug-likeness (QED) is 0.497. The first kappa shape index (κ1) is 23.1. The number of hydrogen-bond acceptors (Lipinski definition) is 6. The molecular formula is C23H28N6O3S. The average molecular weight is 469 g/mol. The van der Waals surface area contributed by atoms with Crippen molar-refractivity contribution in [1.29, 1.82) is 0 Å². The van der Waals surface area contributed by atoms with Gasteiger partial charge >= 0.3 is 0 Å². The van der Waals surface area contributed by atoms with E-state index in [1.165, 1.54) is 12.1 Å².